The maximum absolute atomic E-state index is 10.4. The highest BCUT2D eigenvalue weighted by Gasteiger charge is 2.28. The number of benzene rings is 1. The number of hydrogen-bond donors (Lipinski definition) is 2. The summed E-state index contributed by atoms with van der Waals surface area (Å²) in [5.74, 6) is 0.734. The van der Waals surface area contributed by atoms with Gasteiger partial charge in [-0.15, -0.1) is 0 Å². The lowest BCUT2D eigenvalue weighted by atomic mass is 9.75. The molecule has 0 fully saturated rings. The Balaban J connectivity index is 2.36. The van der Waals surface area contributed by atoms with Crippen LogP contribution in [0.3, 0.4) is 0 Å². The van der Waals surface area contributed by atoms with Crippen LogP contribution in [0.25, 0.3) is 0 Å². The number of unbranched alkanes of at least 4 members (excludes halogenated alkanes) is 1. The smallest absolute Gasteiger partial charge is 0.123 e. The highest BCUT2D eigenvalue weighted by Crippen LogP contribution is 2.45. The number of allylic oxidation sites excluding steroid dienone is 3. The van der Waals surface area contributed by atoms with Gasteiger partial charge in [0, 0.05) is 11.5 Å². The van der Waals surface area contributed by atoms with Gasteiger partial charge in [-0.3, -0.25) is 0 Å². The molecule has 2 rings (SSSR count). The van der Waals surface area contributed by atoms with Gasteiger partial charge in [0.05, 0.1) is 0 Å². The number of aromatic hydroxyl groups is 2. The van der Waals surface area contributed by atoms with Crippen LogP contribution in [-0.4, -0.2) is 10.2 Å². The molecule has 0 bridgehead atoms. The largest absolute Gasteiger partial charge is 0.507 e. The van der Waals surface area contributed by atoms with Crippen LogP contribution in [0.15, 0.2) is 36.4 Å². The summed E-state index contributed by atoms with van der Waals surface area (Å²) in [6.45, 7) is 8.24. The van der Waals surface area contributed by atoms with Crippen molar-refractivity contribution in [1.29, 1.82) is 0 Å². The van der Waals surface area contributed by atoms with Crippen molar-refractivity contribution < 1.29 is 10.2 Å². The van der Waals surface area contributed by atoms with E-state index in [1.54, 1.807) is 0 Å². The quantitative estimate of drug-likeness (QED) is 0.742. The first-order chi connectivity index (χ1) is 10.0. The molecule has 114 valence electrons. The van der Waals surface area contributed by atoms with Crippen LogP contribution in [-0.2, 0) is 6.42 Å². The summed E-state index contributed by atoms with van der Waals surface area (Å²) in [4.78, 5) is 0. The molecule has 0 aliphatic heterocycles. The third-order valence-corrected chi connectivity index (χ3v) is 4.40. The number of phenols is 2. The van der Waals surface area contributed by atoms with Crippen molar-refractivity contribution in [2.24, 2.45) is 5.92 Å². The van der Waals surface area contributed by atoms with Crippen LogP contribution in [0.4, 0.5) is 0 Å². The van der Waals surface area contributed by atoms with Crippen LogP contribution in [0, 0.1) is 5.92 Å². The first-order valence-corrected chi connectivity index (χ1v) is 7.91. The van der Waals surface area contributed by atoms with Crippen molar-refractivity contribution in [3.05, 3.63) is 47.6 Å². The predicted molar refractivity (Wildman–Crippen MR) is 87.8 cm³/mol. The Kier molecular flexibility index (Phi) is 5.11. The molecule has 0 amide bonds. The first-order valence-electron chi connectivity index (χ1n) is 7.91. The van der Waals surface area contributed by atoms with Crippen molar-refractivity contribution in [2.75, 3.05) is 0 Å². The number of rotatable bonds is 5. The Labute approximate surface area is 127 Å². The summed E-state index contributed by atoms with van der Waals surface area (Å²) >= 11 is 0. The molecule has 1 aromatic carbocycles. The minimum atomic E-state index is 0.0245. The second kappa shape index (κ2) is 6.84. The fourth-order valence-electron chi connectivity index (χ4n) is 3.23. The van der Waals surface area contributed by atoms with Crippen LogP contribution in [0.5, 0.6) is 11.5 Å². The average Bonchev–Trinajstić information content (AvgIpc) is 2.44. The molecule has 0 aromatic heterocycles. The molecule has 0 unspecified atom stereocenters. The lowest BCUT2D eigenvalue weighted by Crippen LogP contribution is -2.15. The monoisotopic (exact) mass is 286 g/mol. The van der Waals surface area contributed by atoms with Crippen molar-refractivity contribution >= 4 is 0 Å². The van der Waals surface area contributed by atoms with Crippen LogP contribution >= 0.6 is 0 Å². The van der Waals surface area contributed by atoms with Crippen LogP contribution in [0.1, 0.15) is 56.6 Å². The SMILES string of the molecule is C=C(C)[C@@H]1CCC=C[C@H]1c1c(O)cc(CCCC)cc1O. The van der Waals surface area contributed by atoms with E-state index in [4.69, 9.17) is 0 Å². The van der Waals surface area contributed by atoms with Crippen molar-refractivity contribution in [3.63, 3.8) is 0 Å². The molecule has 2 N–H and O–H groups in total. The van der Waals surface area contributed by atoms with E-state index < -0.39 is 0 Å². The molecule has 0 heterocycles. The molecule has 1 aliphatic rings. The van der Waals surface area contributed by atoms with Gasteiger partial charge in [-0.25, -0.2) is 0 Å². The third kappa shape index (κ3) is 3.49. The van der Waals surface area contributed by atoms with Crippen LogP contribution < -0.4 is 0 Å². The lowest BCUT2D eigenvalue weighted by molar-refractivity contribution is 0.408. The predicted octanol–water partition coefficient (Wildman–Crippen LogP) is 5.07. The first kappa shape index (κ1) is 15.7. The Bertz CT molecular complexity index is 519. The fourth-order valence-corrected chi connectivity index (χ4v) is 3.23. The van der Waals surface area contributed by atoms with E-state index in [2.05, 4.69) is 25.7 Å². The van der Waals surface area contributed by atoms with E-state index in [1.165, 1.54) is 0 Å². The van der Waals surface area contributed by atoms with Gasteiger partial charge in [0.25, 0.3) is 0 Å². The van der Waals surface area contributed by atoms with Gasteiger partial charge >= 0.3 is 0 Å². The summed E-state index contributed by atoms with van der Waals surface area (Å²) < 4.78 is 0. The second-order valence-electron chi connectivity index (χ2n) is 6.14. The molecular formula is C19H26O2. The highest BCUT2D eigenvalue weighted by atomic mass is 16.3. The third-order valence-electron chi connectivity index (χ3n) is 4.40. The standard InChI is InChI=1S/C19H26O2/c1-4-5-8-14-11-17(20)19(18(21)12-14)16-10-7-6-9-15(16)13(2)3/h7,10-12,15-16,20-21H,2,4-6,8-9H2,1,3H3/t15-,16+/m0/s1. The van der Waals surface area contributed by atoms with E-state index in [0.29, 0.717) is 5.56 Å². The van der Waals surface area contributed by atoms with Gasteiger partial charge < -0.3 is 10.2 Å². The molecule has 1 aliphatic carbocycles. The Morgan fingerprint density at radius 3 is 2.52 bits per heavy atom. The summed E-state index contributed by atoms with van der Waals surface area (Å²) in [5.41, 5.74) is 2.76. The topological polar surface area (TPSA) is 40.5 Å². The van der Waals surface area contributed by atoms with Crippen molar-refractivity contribution in [3.8, 4) is 11.5 Å². The summed E-state index contributed by atoms with van der Waals surface area (Å²) in [7, 11) is 0. The van der Waals surface area contributed by atoms with E-state index >= 15 is 0 Å². The number of aryl methyl sites for hydroxylation is 1. The van der Waals surface area contributed by atoms with Crippen LogP contribution in [0.2, 0.25) is 0 Å². The second-order valence-corrected chi connectivity index (χ2v) is 6.14. The Morgan fingerprint density at radius 1 is 1.29 bits per heavy atom. The highest BCUT2D eigenvalue weighted by molar-refractivity contribution is 5.51. The molecule has 0 saturated heterocycles. The average molecular weight is 286 g/mol. The minimum absolute atomic E-state index is 0.0245. The number of phenolic OH excluding ortho intramolecular Hbond substituents is 2. The zero-order valence-corrected chi connectivity index (χ0v) is 13.1. The van der Waals surface area contributed by atoms with Gasteiger partial charge in [0.15, 0.2) is 0 Å². The molecule has 2 nitrogen and oxygen atoms in total. The molecule has 1 aromatic rings. The minimum Gasteiger partial charge on any atom is -0.507 e. The Morgan fingerprint density at radius 2 is 1.95 bits per heavy atom. The Hall–Kier alpha value is -1.70. The van der Waals surface area contributed by atoms with E-state index in [0.717, 1.165) is 43.2 Å². The van der Waals surface area contributed by atoms with E-state index in [9.17, 15) is 10.2 Å². The molecule has 0 radical (unpaired) electrons. The van der Waals surface area contributed by atoms with Gasteiger partial charge in [-0.2, -0.15) is 0 Å². The summed E-state index contributed by atoms with van der Waals surface area (Å²) in [5, 5.41) is 20.8. The van der Waals surface area contributed by atoms with Gasteiger partial charge in [-0.05, 0) is 56.2 Å². The van der Waals surface area contributed by atoms with Gasteiger partial charge in [0.1, 0.15) is 11.5 Å². The molecule has 21 heavy (non-hydrogen) atoms. The molecule has 0 saturated carbocycles. The zero-order valence-electron chi connectivity index (χ0n) is 13.1. The van der Waals surface area contributed by atoms with E-state index in [-0.39, 0.29) is 23.3 Å². The zero-order chi connectivity index (χ0) is 15.4. The molecule has 2 heteroatoms. The fraction of sp³-hybridized carbons (Fsp3) is 0.474. The van der Waals surface area contributed by atoms with Gasteiger partial charge in [-0.1, -0.05) is 37.6 Å². The number of hydrogen-bond acceptors (Lipinski definition) is 2. The normalized spacial score (nSPS) is 21.4. The van der Waals surface area contributed by atoms with Crippen molar-refractivity contribution in [1.82, 2.24) is 0 Å². The lowest BCUT2D eigenvalue weighted by Gasteiger charge is -2.29. The van der Waals surface area contributed by atoms with Crippen molar-refractivity contribution in [2.45, 2.75) is 51.9 Å². The molecular weight excluding hydrogens is 260 g/mol. The van der Waals surface area contributed by atoms with E-state index in [1.807, 2.05) is 19.1 Å². The maximum Gasteiger partial charge on any atom is 0.123 e. The molecule has 2 atom stereocenters. The summed E-state index contributed by atoms with van der Waals surface area (Å²) in [6, 6.07) is 3.62. The molecule has 0 spiro atoms. The van der Waals surface area contributed by atoms with Gasteiger partial charge in [0.2, 0.25) is 0 Å². The maximum atomic E-state index is 10.4. The summed E-state index contributed by atoms with van der Waals surface area (Å²) in [6.07, 6.45) is 9.35.